The monoisotopic (exact) mass is 247 g/mol. The molecule has 0 fully saturated rings. The molecule has 1 aromatic heterocycles. The van der Waals surface area contributed by atoms with Gasteiger partial charge in [0.2, 0.25) is 0 Å². The number of aromatic nitrogens is 1. The van der Waals surface area contributed by atoms with E-state index >= 15 is 0 Å². The summed E-state index contributed by atoms with van der Waals surface area (Å²) in [5, 5.41) is 17.8. The lowest BCUT2D eigenvalue weighted by molar-refractivity contribution is 0.0696. The molecule has 0 aliphatic carbocycles. The van der Waals surface area contributed by atoms with Gasteiger partial charge >= 0.3 is 5.97 Å². The second-order valence-electron chi connectivity index (χ2n) is 4.23. The number of nitriles is 1. The topological polar surface area (TPSA) is 77.2 Å². The number of hydrogen-bond donors (Lipinski definition) is 1. The molecule has 1 atom stereocenters. The Balaban J connectivity index is 3.06. The summed E-state index contributed by atoms with van der Waals surface area (Å²) in [6, 6.07) is 5.25. The highest BCUT2D eigenvalue weighted by Crippen LogP contribution is 2.16. The molecule has 1 unspecified atom stereocenters. The fourth-order valence-electron chi connectivity index (χ4n) is 1.69. The van der Waals surface area contributed by atoms with E-state index < -0.39 is 5.97 Å². The Morgan fingerprint density at radius 2 is 2.28 bits per heavy atom. The zero-order chi connectivity index (χ0) is 13.7. The Morgan fingerprint density at radius 1 is 1.61 bits per heavy atom. The normalized spacial score (nSPS) is 11.7. The molecule has 96 valence electrons. The van der Waals surface area contributed by atoms with Crippen LogP contribution in [0, 0.1) is 24.2 Å². The van der Waals surface area contributed by atoms with Crippen molar-refractivity contribution in [2.24, 2.45) is 5.92 Å². The van der Waals surface area contributed by atoms with Crippen LogP contribution in [-0.4, -0.2) is 29.1 Å². The molecule has 0 radical (unpaired) electrons. The quantitative estimate of drug-likeness (QED) is 0.861. The van der Waals surface area contributed by atoms with Gasteiger partial charge in [-0.25, -0.2) is 9.78 Å². The van der Waals surface area contributed by atoms with Crippen molar-refractivity contribution in [3.8, 4) is 6.07 Å². The summed E-state index contributed by atoms with van der Waals surface area (Å²) < 4.78 is 0. The molecule has 0 spiro atoms. The van der Waals surface area contributed by atoms with Crippen LogP contribution in [0.1, 0.15) is 29.9 Å². The van der Waals surface area contributed by atoms with E-state index in [1.807, 2.05) is 18.7 Å². The average Bonchev–Trinajstić information content (AvgIpc) is 2.34. The van der Waals surface area contributed by atoms with Crippen molar-refractivity contribution >= 4 is 11.8 Å². The summed E-state index contributed by atoms with van der Waals surface area (Å²) in [5.41, 5.74) is 0.883. The van der Waals surface area contributed by atoms with Gasteiger partial charge in [0.25, 0.3) is 0 Å². The molecule has 1 N–H and O–H groups in total. The first kappa shape index (κ1) is 14.0. The number of pyridine rings is 1. The largest absolute Gasteiger partial charge is 0.478 e. The van der Waals surface area contributed by atoms with Crippen molar-refractivity contribution in [1.82, 2.24) is 4.98 Å². The zero-order valence-corrected chi connectivity index (χ0v) is 10.8. The van der Waals surface area contributed by atoms with Crippen molar-refractivity contribution < 1.29 is 9.90 Å². The Labute approximate surface area is 107 Å². The average molecular weight is 247 g/mol. The van der Waals surface area contributed by atoms with E-state index in [-0.39, 0.29) is 11.5 Å². The molecule has 5 heteroatoms. The van der Waals surface area contributed by atoms with E-state index in [0.29, 0.717) is 24.6 Å². The third kappa shape index (κ3) is 3.45. The number of aryl methyl sites for hydroxylation is 1. The maximum Gasteiger partial charge on any atom is 0.335 e. The van der Waals surface area contributed by atoms with Crippen molar-refractivity contribution in [2.75, 3.05) is 18.0 Å². The van der Waals surface area contributed by atoms with E-state index in [1.54, 1.807) is 13.0 Å². The first-order valence-electron chi connectivity index (χ1n) is 5.84. The molecule has 0 bridgehead atoms. The van der Waals surface area contributed by atoms with E-state index in [9.17, 15) is 4.79 Å². The number of hydrogen-bond acceptors (Lipinski definition) is 4. The van der Waals surface area contributed by atoms with Crippen LogP contribution in [0.5, 0.6) is 0 Å². The van der Waals surface area contributed by atoms with Gasteiger partial charge in [0, 0.05) is 18.8 Å². The van der Waals surface area contributed by atoms with E-state index in [0.717, 1.165) is 0 Å². The number of carboxylic acids is 1. The molecule has 1 heterocycles. The maximum atomic E-state index is 11.0. The van der Waals surface area contributed by atoms with Gasteiger partial charge in [-0.3, -0.25) is 0 Å². The van der Waals surface area contributed by atoms with Gasteiger partial charge < -0.3 is 10.0 Å². The van der Waals surface area contributed by atoms with Crippen molar-refractivity contribution in [3.05, 3.63) is 23.4 Å². The number of carbonyl (C=O) groups is 1. The van der Waals surface area contributed by atoms with Gasteiger partial charge in [-0.2, -0.15) is 5.26 Å². The summed E-state index contributed by atoms with van der Waals surface area (Å²) in [4.78, 5) is 17.2. The minimum absolute atomic E-state index is 0.124. The highest BCUT2D eigenvalue weighted by atomic mass is 16.4. The van der Waals surface area contributed by atoms with Crippen LogP contribution in [-0.2, 0) is 0 Å². The molecule has 18 heavy (non-hydrogen) atoms. The number of rotatable bonds is 5. The van der Waals surface area contributed by atoms with Gasteiger partial charge in [-0.15, -0.1) is 0 Å². The Hall–Kier alpha value is -2.09. The highest BCUT2D eigenvalue weighted by molar-refractivity contribution is 5.88. The fraction of sp³-hybridized carbons (Fsp3) is 0.462. The molecule has 0 saturated carbocycles. The third-order valence-corrected chi connectivity index (χ3v) is 2.61. The standard InChI is InChI=1S/C13H17N3O2/c1-4-16(8-9(2)7-14)12-6-11(13(17)18)5-10(3)15-12/h5-6,9H,4,8H2,1-3H3,(H,17,18). The predicted octanol–water partition coefficient (Wildman–Crippen LogP) is 2.07. The van der Waals surface area contributed by atoms with Gasteiger partial charge in [0.1, 0.15) is 5.82 Å². The highest BCUT2D eigenvalue weighted by Gasteiger charge is 2.13. The molecule has 1 rings (SSSR count). The lowest BCUT2D eigenvalue weighted by Crippen LogP contribution is -2.29. The van der Waals surface area contributed by atoms with E-state index in [4.69, 9.17) is 10.4 Å². The number of anilines is 1. The predicted molar refractivity (Wildman–Crippen MR) is 68.6 cm³/mol. The van der Waals surface area contributed by atoms with Crippen molar-refractivity contribution in [2.45, 2.75) is 20.8 Å². The van der Waals surface area contributed by atoms with E-state index in [2.05, 4.69) is 11.1 Å². The number of aromatic carboxylic acids is 1. The number of carboxylic acid groups (broad SMARTS) is 1. The second-order valence-corrected chi connectivity index (χ2v) is 4.23. The fourth-order valence-corrected chi connectivity index (χ4v) is 1.69. The van der Waals surface area contributed by atoms with Gasteiger partial charge in [0.15, 0.2) is 0 Å². The molecule has 0 saturated heterocycles. The number of nitrogens with zero attached hydrogens (tertiary/aromatic N) is 3. The Kier molecular flexibility index (Phi) is 4.67. The molecular formula is C13H17N3O2. The summed E-state index contributed by atoms with van der Waals surface area (Å²) >= 11 is 0. The SMILES string of the molecule is CCN(CC(C)C#N)c1cc(C(=O)O)cc(C)n1. The van der Waals surface area contributed by atoms with Gasteiger partial charge in [-0.1, -0.05) is 0 Å². The minimum atomic E-state index is -0.967. The Morgan fingerprint density at radius 3 is 2.78 bits per heavy atom. The molecule has 0 aliphatic heterocycles. The van der Waals surface area contributed by atoms with Crippen LogP contribution in [0.2, 0.25) is 0 Å². The summed E-state index contributed by atoms with van der Waals surface area (Å²) in [7, 11) is 0. The Bertz CT molecular complexity index is 480. The van der Waals surface area contributed by atoms with Crippen LogP contribution >= 0.6 is 0 Å². The minimum Gasteiger partial charge on any atom is -0.478 e. The molecule has 0 amide bonds. The second kappa shape index (κ2) is 6.01. The lowest BCUT2D eigenvalue weighted by Gasteiger charge is -2.23. The van der Waals surface area contributed by atoms with Crippen molar-refractivity contribution in [3.63, 3.8) is 0 Å². The van der Waals surface area contributed by atoms with Crippen LogP contribution in [0.25, 0.3) is 0 Å². The summed E-state index contributed by atoms with van der Waals surface area (Å²) in [6.45, 7) is 6.77. The van der Waals surface area contributed by atoms with Crippen molar-refractivity contribution in [1.29, 1.82) is 5.26 Å². The zero-order valence-electron chi connectivity index (χ0n) is 10.8. The summed E-state index contributed by atoms with van der Waals surface area (Å²) in [5.74, 6) is -0.483. The van der Waals surface area contributed by atoms with Crippen LogP contribution in [0.15, 0.2) is 12.1 Å². The smallest absolute Gasteiger partial charge is 0.335 e. The van der Waals surface area contributed by atoms with Gasteiger partial charge in [0.05, 0.1) is 17.6 Å². The molecule has 0 aliphatic rings. The molecule has 5 nitrogen and oxygen atoms in total. The molecule has 1 aromatic rings. The third-order valence-electron chi connectivity index (χ3n) is 2.61. The first-order chi connectivity index (χ1) is 8.47. The van der Waals surface area contributed by atoms with Crippen LogP contribution in [0.4, 0.5) is 5.82 Å². The maximum absolute atomic E-state index is 11.0. The van der Waals surface area contributed by atoms with Crippen LogP contribution in [0.3, 0.4) is 0 Å². The molecule has 0 aromatic carbocycles. The summed E-state index contributed by atoms with van der Waals surface area (Å²) in [6.07, 6.45) is 0. The lowest BCUT2D eigenvalue weighted by atomic mass is 10.1. The van der Waals surface area contributed by atoms with Crippen LogP contribution < -0.4 is 4.90 Å². The van der Waals surface area contributed by atoms with E-state index in [1.165, 1.54) is 6.07 Å². The van der Waals surface area contributed by atoms with Gasteiger partial charge in [-0.05, 0) is 32.9 Å². The molecular weight excluding hydrogens is 230 g/mol. The first-order valence-corrected chi connectivity index (χ1v) is 5.84.